The molecular formula is C11H15N3O3S. The molecule has 98 valence electrons. The van der Waals surface area contributed by atoms with E-state index in [1.54, 1.807) is 17.2 Å². The molecule has 0 saturated carbocycles. The van der Waals surface area contributed by atoms with Crippen LogP contribution in [-0.4, -0.2) is 46.1 Å². The van der Waals surface area contributed by atoms with Crippen LogP contribution in [0, 0.1) is 5.92 Å². The Hall–Kier alpha value is -1.50. The molecule has 1 aliphatic heterocycles. The summed E-state index contributed by atoms with van der Waals surface area (Å²) >= 11 is 1.15. The molecule has 1 atom stereocenters. The first kappa shape index (κ1) is 12.9. The van der Waals surface area contributed by atoms with Crippen LogP contribution in [0.2, 0.25) is 0 Å². The number of likely N-dealkylation sites (tertiary alicyclic amines) is 1. The zero-order valence-electron chi connectivity index (χ0n) is 10.2. The molecule has 2 heterocycles. The number of esters is 1. The molecule has 1 aromatic rings. The van der Waals surface area contributed by atoms with E-state index in [9.17, 15) is 9.59 Å². The summed E-state index contributed by atoms with van der Waals surface area (Å²) in [5.41, 5.74) is 0.351. The molecular weight excluding hydrogens is 254 g/mol. The molecule has 1 aliphatic rings. The molecule has 1 fully saturated rings. The molecule has 2 rings (SSSR count). The fourth-order valence-electron chi connectivity index (χ4n) is 2.03. The number of nitrogens with zero attached hydrogens (tertiary/aromatic N) is 3. The minimum atomic E-state index is -0.216. The third-order valence-corrected chi connectivity index (χ3v) is 3.41. The van der Waals surface area contributed by atoms with Crippen LogP contribution in [0.3, 0.4) is 0 Å². The minimum Gasteiger partial charge on any atom is -0.466 e. The number of rotatable bonds is 3. The van der Waals surface area contributed by atoms with E-state index in [1.165, 1.54) is 0 Å². The van der Waals surface area contributed by atoms with Gasteiger partial charge in [0.25, 0.3) is 5.91 Å². The summed E-state index contributed by atoms with van der Waals surface area (Å²) in [7, 11) is 0. The van der Waals surface area contributed by atoms with E-state index in [1.807, 2.05) is 0 Å². The van der Waals surface area contributed by atoms with Gasteiger partial charge in [0.15, 0.2) is 5.69 Å². The fraction of sp³-hybridized carbons (Fsp3) is 0.636. The number of amides is 1. The lowest BCUT2D eigenvalue weighted by Gasteiger charge is -2.30. The number of ether oxygens (including phenoxy) is 1. The molecule has 1 saturated heterocycles. The van der Waals surface area contributed by atoms with Crippen molar-refractivity contribution in [2.75, 3.05) is 19.7 Å². The van der Waals surface area contributed by atoms with Gasteiger partial charge in [-0.3, -0.25) is 9.59 Å². The molecule has 0 bridgehead atoms. The van der Waals surface area contributed by atoms with Gasteiger partial charge >= 0.3 is 5.97 Å². The molecule has 0 aromatic carbocycles. The zero-order valence-corrected chi connectivity index (χ0v) is 11.0. The van der Waals surface area contributed by atoms with Crippen molar-refractivity contribution in [2.45, 2.75) is 19.8 Å². The van der Waals surface area contributed by atoms with Crippen molar-refractivity contribution in [1.82, 2.24) is 14.5 Å². The maximum Gasteiger partial charge on any atom is 0.310 e. The van der Waals surface area contributed by atoms with Gasteiger partial charge < -0.3 is 9.64 Å². The Labute approximate surface area is 109 Å². The zero-order chi connectivity index (χ0) is 13.0. The highest BCUT2D eigenvalue weighted by Gasteiger charge is 2.30. The molecule has 0 aliphatic carbocycles. The predicted molar refractivity (Wildman–Crippen MR) is 65.2 cm³/mol. The Morgan fingerprint density at radius 2 is 2.44 bits per heavy atom. The average molecular weight is 269 g/mol. The van der Waals surface area contributed by atoms with Gasteiger partial charge in [-0.05, 0) is 31.3 Å². The van der Waals surface area contributed by atoms with Crippen molar-refractivity contribution >= 4 is 23.4 Å². The molecule has 6 nitrogen and oxygen atoms in total. The number of hydrogen-bond acceptors (Lipinski definition) is 6. The van der Waals surface area contributed by atoms with Crippen LogP contribution in [0.25, 0.3) is 0 Å². The Morgan fingerprint density at radius 1 is 1.61 bits per heavy atom. The maximum absolute atomic E-state index is 12.1. The molecule has 0 spiro atoms. The molecule has 0 radical (unpaired) electrons. The monoisotopic (exact) mass is 269 g/mol. The summed E-state index contributed by atoms with van der Waals surface area (Å²) in [4.78, 5) is 25.4. The first-order valence-electron chi connectivity index (χ1n) is 5.95. The van der Waals surface area contributed by atoms with Gasteiger partial charge in [0, 0.05) is 18.5 Å². The Morgan fingerprint density at radius 3 is 3.11 bits per heavy atom. The summed E-state index contributed by atoms with van der Waals surface area (Å²) < 4.78 is 8.67. The van der Waals surface area contributed by atoms with Crippen LogP contribution in [0.15, 0.2) is 5.38 Å². The lowest BCUT2D eigenvalue weighted by atomic mass is 9.98. The smallest absolute Gasteiger partial charge is 0.310 e. The largest absolute Gasteiger partial charge is 0.466 e. The van der Waals surface area contributed by atoms with Crippen LogP contribution < -0.4 is 0 Å². The molecule has 18 heavy (non-hydrogen) atoms. The highest BCUT2D eigenvalue weighted by molar-refractivity contribution is 7.03. The van der Waals surface area contributed by atoms with Gasteiger partial charge in [-0.2, -0.15) is 0 Å². The van der Waals surface area contributed by atoms with Gasteiger partial charge in [0.05, 0.1) is 12.5 Å². The average Bonchev–Trinajstić information content (AvgIpc) is 2.92. The standard InChI is InChI=1S/C11H15N3O3S/c1-2-17-11(16)8-4-3-5-14(6-8)10(15)9-7-18-13-12-9/h7-8H,2-6H2,1H3/t8-/m1/s1. The molecule has 1 amide bonds. The minimum absolute atomic E-state index is 0.155. The molecule has 0 unspecified atom stereocenters. The van der Waals surface area contributed by atoms with Crippen molar-refractivity contribution in [3.05, 3.63) is 11.1 Å². The predicted octanol–water partition coefficient (Wildman–Crippen LogP) is 0.953. The van der Waals surface area contributed by atoms with Crippen molar-refractivity contribution in [2.24, 2.45) is 5.92 Å². The quantitative estimate of drug-likeness (QED) is 0.764. The van der Waals surface area contributed by atoms with Crippen molar-refractivity contribution in [3.8, 4) is 0 Å². The Kier molecular flexibility index (Phi) is 4.24. The normalized spacial score (nSPS) is 19.6. The summed E-state index contributed by atoms with van der Waals surface area (Å²) in [6, 6.07) is 0. The highest BCUT2D eigenvalue weighted by Crippen LogP contribution is 2.19. The number of carbonyl (C=O) groups is 2. The van der Waals surface area contributed by atoms with E-state index in [4.69, 9.17) is 4.74 Å². The third kappa shape index (κ3) is 2.84. The Bertz CT molecular complexity index is 421. The van der Waals surface area contributed by atoms with Crippen LogP contribution in [-0.2, 0) is 9.53 Å². The molecule has 7 heteroatoms. The fourth-order valence-corrected chi connectivity index (χ4v) is 2.46. The lowest BCUT2D eigenvalue weighted by molar-refractivity contribution is -0.149. The molecule has 1 aromatic heterocycles. The van der Waals surface area contributed by atoms with Gasteiger partial charge in [0.2, 0.25) is 0 Å². The van der Waals surface area contributed by atoms with Crippen LogP contribution >= 0.6 is 11.5 Å². The third-order valence-electron chi connectivity index (χ3n) is 2.91. The van der Waals surface area contributed by atoms with E-state index in [2.05, 4.69) is 9.59 Å². The van der Waals surface area contributed by atoms with E-state index in [0.29, 0.717) is 25.4 Å². The number of piperidine rings is 1. The van der Waals surface area contributed by atoms with Gasteiger partial charge in [-0.15, -0.1) is 5.10 Å². The Balaban J connectivity index is 1.98. The van der Waals surface area contributed by atoms with E-state index in [-0.39, 0.29) is 17.8 Å². The first-order valence-corrected chi connectivity index (χ1v) is 6.79. The summed E-state index contributed by atoms with van der Waals surface area (Å²) in [6.07, 6.45) is 1.59. The first-order chi connectivity index (χ1) is 8.72. The second-order valence-electron chi connectivity index (χ2n) is 4.13. The summed E-state index contributed by atoms with van der Waals surface area (Å²) in [6.45, 7) is 3.23. The van der Waals surface area contributed by atoms with Crippen molar-refractivity contribution in [1.29, 1.82) is 0 Å². The van der Waals surface area contributed by atoms with Crippen LogP contribution in [0.4, 0.5) is 0 Å². The topological polar surface area (TPSA) is 72.4 Å². The van der Waals surface area contributed by atoms with Gasteiger partial charge in [0.1, 0.15) is 0 Å². The summed E-state index contributed by atoms with van der Waals surface area (Å²) in [5, 5.41) is 5.38. The molecule has 0 N–H and O–H groups in total. The van der Waals surface area contributed by atoms with E-state index in [0.717, 1.165) is 24.4 Å². The second-order valence-corrected chi connectivity index (χ2v) is 4.74. The van der Waals surface area contributed by atoms with Crippen molar-refractivity contribution < 1.29 is 14.3 Å². The SMILES string of the molecule is CCOC(=O)[C@@H]1CCCN(C(=O)c2csnn2)C1. The second kappa shape index (κ2) is 5.90. The van der Waals surface area contributed by atoms with Gasteiger partial charge in [-0.25, -0.2) is 0 Å². The number of carbonyl (C=O) groups excluding carboxylic acids is 2. The highest BCUT2D eigenvalue weighted by atomic mass is 32.1. The number of hydrogen-bond donors (Lipinski definition) is 0. The van der Waals surface area contributed by atoms with E-state index < -0.39 is 0 Å². The van der Waals surface area contributed by atoms with E-state index >= 15 is 0 Å². The van der Waals surface area contributed by atoms with Gasteiger partial charge in [-0.1, -0.05) is 4.49 Å². The number of aromatic nitrogens is 2. The summed E-state index contributed by atoms with van der Waals surface area (Å²) in [5.74, 6) is -0.585. The van der Waals surface area contributed by atoms with Crippen LogP contribution in [0.1, 0.15) is 30.3 Å². The maximum atomic E-state index is 12.1. The van der Waals surface area contributed by atoms with Crippen molar-refractivity contribution in [3.63, 3.8) is 0 Å². The van der Waals surface area contributed by atoms with Crippen LogP contribution in [0.5, 0.6) is 0 Å². The lowest BCUT2D eigenvalue weighted by Crippen LogP contribution is -2.42.